The molecule has 1 aliphatic heterocycles. The largest absolute Gasteiger partial charge is 0.373 e. The van der Waals surface area contributed by atoms with Crippen molar-refractivity contribution in [2.75, 3.05) is 0 Å². The lowest BCUT2D eigenvalue weighted by molar-refractivity contribution is 0.0452. The minimum Gasteiger partial charge on any atom is -0.373 e. The summed E-state index contributed by atoms with van der Waals surface area (Å²) >= 11 is 2.21. The first-order chi connectivity index (χ1) is 7.15. The van der Waals surface area contributed by atoms with Crippen molar-refractivity contribution in [3.05, 3.63) is 32.3 Å². The Morgan fingerprint density at radius 2 is 2.33 bits per heavy atom. The van der Waals surface area contributed by atoms with Crippen molar-refractivity contribution >= 4 is 22.6 Å². The molecule has 82 valence electrons. The molecule has 1 aromatic rings. The average molecular weight is 319 g/mol. The molecule has 0 amide bonds. The molecule has 0 saturated carbocycles. The van der Waals surface area contributed by atoms with E-state index in [9.17, 15) is 4.79 Å². The van der Waals surface area contributed by atoms with Crippen molar-refractivity contribution in [1.29, 1.82) is 0 Å². The van der Waals surface area contributed by atoms with Crippen molar-refractivity contribution < 1.29 is 4.74 Å². The van der Waals surface area contributed by atoms with E-state index >= 15 is 0 Å². The van der Waals surface area contributed by atoms with Gasteiger partial charge in [-0.25, -0.2) is 0 Å². The number of rotatable bonds is 2. The molecule has 0 aromatic carbocycles. The predicted molar refractivity (Wildman–Crippen MR) is 67.0 cm³/mol. The van der Waals surface area contributed by atoms with Crippen LogP contribution in [0.15, 0.2) is 23.1 Å². The molecule has 1 aliphatic rings. The molecule has 2 heterocycles. The van der Waals surface area contributed by atoms with Crippen LogP contribution < -0.4 is 5.56 Å². The van der Waals surface area contributed by atoms with E-state index in [1.54, 1.807) is 10.6 Å². The Balaban J connectivity index is 2.10. The molecule has 2 rings (SSSR count). The van der Waals surface area contributed by atoms with Crippen LogP contribution >= 0.6 is 22.6 Å². The van der Waals surface area contributed by atoms with E-state index in [4.69, 9.17) is 4.74 Å². The highest BCUT2D eigenvalue weighted by molar-refractivity contribution is 14.1. The highest BCUT2D eigenvalue weighted by Gasteiger charge is 2.22. The monoisotopic (exact) mass is 319 g/mol. The summed E-state index contributed by atoms with van der Waals surface area (Å²) < 4.78 is 8.52. The summed E-state index contributed by atoms with van der Waals surface area (Å²) in [6.07, 6.45) is 4.59. The Labute approximate surface area is 103 Å². The standard InChI is InChI=1S/C11H14INO2/c1-8-2-4-10(15-8)7-13-6-9(12)3-5-11(13)14/h3,5-6,8,10H,2,4,7H2,1H3. The van der Waals surface area contributed by atoms with Gasteiger partial charge in [0.15, 0.2) is 0 Å². The van der Waals surface area contributed by atoms with Crippen LogP contribution in [0.2, 0.25) is 0 Å². The Hall–Kier alpha value is -0.360. The first kappa shape index (κ1) is 11.1. The second kappa shape index (κ2) is 4.65. The second-order valence-corrected chi connectivity index (χ2v) is 5.23. The van der Waals surface area contributed by atoms with Crippen LogP contribution in [0.3, 0.4) is 0 Å². The smallest absolute Gasteiger partial charge is 0.250 e. The summed E-state index contributed by atoms with van der Waals surface area (Å²) in [5.74, 6) is 0. The number of halogens is 1. The summed E-state index contributed by atoms with van der Waals surface area (Å²) in [4.78, 5) is 11.5. The summed E-state index contributed by atoms with van der Waals surface area (Å²) in [5, 5.41) is 0. The number of nitrogens with zero attached hydrogens (tertiary/aromatic N) is 1. The molecule has 0 radical (unpaired) electrons. The first-order valence-electron chi connectivity index (χ1n) is 5.16. The molecule has 0 bridgehead atoms. The van der Waals surface area contributed by atoms with Crippen molar-refractivity contribution in [1.82, 2.24) is 4.57 Å². The van der Waals surface area contributed by atoms with Gasteiger partial charge >= 0.3 is 0 Å². The predicted octanol–water partition coefficient (Wildman–Crippen LogP) is 2.02. The van der Waals surface area contributed by atoms with Crippen molar-refractivity contribution in [2.45, 2.75) is 38.5 Å². The van der Waals surface area contributed by atoms with Gasteiger partial charge in [0.2, 0.25) is 0 Å². The van der Waals surface area contributed by atoms with Gasteiger partial charge in [0.1, 0.15) is 0 Å². The fourth-order valence-corrected chi connectivity index (χ4v) is 2.40. The third kappa shape index (κ3) is 2.81. The second-order valence-electron chi connectivity index (χ2n) is 3.98. The van der Waals surface area contributed by atoms with Crippen molar-refractivity contribution in [3.8, 4) is 0 Å². The number of pyridine rings is 1. The van der Waals surface area contributed by atoms with Crippen LogP contribution in [0.4, 0.5) is 0 Å². The molecular formula is C11H14INO2. The number of ether oxygens (including phenoxy) is 1. The van der Waals surface area contributed by atoms with Gasteiger partial charge in [-0.3, -0.25) is 4.79 Å². The van der Waals surface area contributed by atoms with Gasteiger partial charge < -0.3 is 9.30 Å². The van der Waals surface area contributed by atoms with Crippen LogP contribution in [0.1, 0.15) is 19.8 Å². The van der Waals surface area contributed by atoms with E-state index < -0.39 is 0 Å². The highest BCUT2D eigenvalue weighted by atomic mass is 127. The maximum Gasteiger partial charge on any atom is 0.250 e. The lowest BCUT2D eigenvalue weighted by Crippen LogP contribution is -2.26. The molecule has 1 fully saturated rings. The average Bonchev–Trinajstić information content (AvgIpc) is 2.58. The van der Waals surface area contributed by atoms with Gasteiger partial charge in [-0.2, -0.15) is 0 Å². The van der Waals surface area contributed by atoms with E-state index in [1.807, 2.05) is 12.3 Å². The molecule has 4 heteroatoms. The summed E-state index contributed by atoms with van der Waals surface area (Å²) in [6, 6.07) is 3.44. The van der Waals surface area contributed by atoms with E-state index in [0.29, 0.717) is 12.6 Å². The first-order valence-corrected chi connectivity index (χ1v) is 6.24. The molecule has 0 spiro atoms. The molecule has 1 aromatic heterocycles. The van der Waals surface area contributed by atoms with Gasteiger partial charge in [-0.05, 0) is 48.4 Å². The van der Waals surface area contributed by atoms with Crippen LogP contribution in [0, 0.1) is 3.57 Å². The molecular weight excluding hydrogens is 305 g/mol. The summed E-state index contributed by atoms with van der Waals surface area (Å²) in [5.41, 5.74) is 0.0542. The Kier molecular flexibility index (Phi) is 3.45. The molecule has 0 aliphatic carbocycles. The molecule has 15 heavy (non-hydrogen) atoms. The SMILES string of the molecule is CC1CCC(Cn2cc(I)ccc2=O)O1. The third-order valence-electron chi connectivity index (χ3n) is 2.67. The quantitative estimate of drug-likeness (QED) is 0.781. The topological polar surface area (TPSA) is 31.2 Å². The molecule has 1 saturated heterocycles. The molecule has 3 nitrogen and oxygen atoms in total. The van der Waals surface area contributed by atoms with E-state index in [0.717, 1.165) is 16.4 Å². The minimum absolute atomic E-state index is 0.0542. The number of hydrogen-bond acceptors (Lipinski definition) is 2. The zero-order valence-corrected chi connectivity index (χ0v) is 10.8. The van der Waals surface area contributed by atoms with Crippen molar-refractivity contribution in [3.63, 3.8) is 0 Å². The lowest BCUT2D eigenvalue weighted by atomic mass is 10.2. The number of aromatic nitrogens is 1. The maximum atomic E-state index is 11.5. The highest BCUT2D eigenvalue weighted by Crippen LogP contribution is 2.20. The lowest BCUT2D eigenvalue weighted by Gasteiger charge is -2.13. The van der Waals surface area contributed by atoms with Crippen LogP contribution in [-0.4, -0.2) is 16.8 Å². The van der Waals surface area contributed by atoms with Crippen LogP contribution in [0.5, 0.6) is 0 Å². The van der Waals surface area contributed by atoms with Crippen LogP contribution in [0.25, 0.3) is 0 Å². The maximum absolute atomic E-state index is 11.5. The van der Waals surface area contributed by atoms with E-state index in [2.05, 4.69) is 29.5 Å². The number of hydrogen-bond donors (Lipinski definition) is 0. The fourth-order valence-electron chi connectivity index (χ4n) is 1.88. The Morgan fingerprint density at radius 1 is 1.53 bits per heavy atom. The minimum atomic E-state index is 0.0542. The normalized spacial score (nSPS) is 25.7. The molecule has 0 N–H and O–H groups in total. The zero-order valence-electron chi connectivity index (χ0n) is 8.65. The third-order valence-corrected chi connectivity index (χ3v) is 3.31. The van der Waals surface area contributed by atoms with Gasteiger partial charge in [-0.15, -0.1) is 0 Å². The van der Waals surface area contributed by atoms with E-state index in [-0.39, 0.29) is 11.7 Å². The van der Waals surface area contributed by atoms with Gasteiger partial charge in [0.25, 0.3) is 5.56 Å². The van der Waals surface area contributed by atoms with E-state index in [1.165, 1.54) is 0 Å². The van der Waals surface area contributed by atoms with Crippen molar-refractivity contribution in [2.24, 2.45) is 0 Å². The fraction of sp³-hybridized carbons (Fsp3) is 0.545. The van der Waals surface area contributed by atoms with Gasteiger partial charge in [0.05, 0.1) is 18.8 Å². The zero-order chi connectivity index (χ0) is 10.8. The molecule has 2 atom stereocenters. The van der Waals surface area contributed by atoms with Gasteiger partial charge in [-0.1, -0.05) is 0 Å². The van der Waals surface area contributed by atoms with Crippen LogP contribution in [-0.2, 0) is 11.3 Å². The summed E-state index contributed by atoms with van der Waals surface area (Å²) in [7, 11) is 0. The van der Waals surface area contributed by atoms with Gasteiger partial charge in [0, 0.05) is 15.8 Å². The Bertz CT molecular complexity index is 402. The molecule has 2 unspecified atom stereocenters. The summed E-state index contributed by atoms with van der Waals surface area (Å²) in [6.45, 7) is 2.76. The Morgan fingerprint density at radius 3 is 3.00 bits per heavy atom.